The lowest BCUT2D eigenvalue weighted by atomic mass is 9.98. The number of nitrogens with zero attached hydrogens (tertiary/aromatic N) is 2. The molecule has 0 radical (unpaired) electrons. The van der Waals surface area contributed by atoms with Gasteiger partial charge in [0.2, 0.25) is 0 Å². The molecule has 0 aliphatic carbocycles. The van der Waals surface area contributed by atoms with Gasteiger partial charge in [-0.15, -0.1) is 0 Å². The van der Waals surface area contributed by atoms with Crippen LogP contribution in [0.25, 0.3) is 0 Å². The van der Waals surface area contributed by atoms with E-state index in [1.54, 1.807) is 12.1 Å². The summed E-state index contributed by atoms with van der Waals surface area (Å²) in [6.07, 6.45) is 0.974. The van der Waals surface area contributed by atoms with Gasteiger partial charge in [0, 0.05) is 28.9 Å². The van der Waals surface area contributed by atoms with Crippen LogP contribution in [-0.4, -0.2) is 23.6 Å². The lowest BCUT2D eigenvalue weighted by Crippen LogP contribution is -2.41. The number of benzene rings is 1. The third-order valence-corrected chi connectivity index (χ3v) is 3.71. The molecule has 1 rings (SSSR count). The minimum Gasteiger partial charge on any atom is -0.409 e. The molecule has 0 saturated heterocycles. The van der Waals surface area contributed by atoms with E-state index in [1.165, 1.54) is 0 Å². The largest absolute Gasteiger partial charge is 0.409 e. The maximum Gasteiger partial charge on any atom is 0.172 e. The van der Waals surface area contributed by atoms with Crippen LogP contribution in [0.15, 0.2) is 23.4 Å². The van der Waals surface area contributed by atoms with E-state index in [1.807, 2.05) is 13.1 Å². The zero-order valence-electron chi connectivity index (χ0n) is 11.2. The standard InChI is InChI=1S/C13H20ClN3O/c1-5-13(2,3)17(4)11-7-6-9(14)8-10(11)12(15)16-18/h6-8,18H,5H2,1-4H3,(H2,15,16). The Hall–Kier alpha value is -1.42. The number of oxime groups is 1. The van der Waals surface area contributed by atoms with Gasteiger partial charge in [0.05, 0.1) is 0 Å². The fourth-order valence-corrected chi connectivity index (χ4v) is 1.80. The zero-order valence-corrected chi connectivity index (χ0v) is 12.0. The molecule has 100 valence electrons. The predicted octanol–water partition coefficient (Wildman–Crippen LogP) is 3.06. The van der Waals surface area contributed by atoms with Gasteiger partial charge in [0.25, 0.3) is 0 Å². The molecule has 0 aliphatic heterocycles. The van der Waals surface area contributed by atoms with Crippen molar-refractivity contribution in [3.05, 3.63) is 28.8 Å². The van der Waals surface area contributed by atoms with Crippen LogP contribution >= 0.6 is 11.6 Å². The molecule has 18 heavy (non-hydrogen) atoms. The summed E-state index contributed by atoms with van der Waals surface area (Å²) in [5.41, 5.74) is 7.20. The summed E-state index contributed by atoms with van der Waals surface area (Å²) in [4.78, 5) is 2.11. The van der Waals surface area contributed by atoms with Crippen molar-refractivity contribution in [2.45, 2.75) is 32.7 Å². The highest BCUT2D eigenvalue weighted by Crippen LogP contribution is 2.29. The van der Waals surface area contributed by atoms with Crippen molar-refractivity contribution in [3.8, 4) is 0 Å². The maximum absolute atomic E-state index is 8.85. The normalized spacial score (nSPS) is 12.6. The van der Waals surface area contributed by atoms with Gasteiger partial charge < -0.3 is 15.8 Å². The van der Waals surface area contributed by atoms with Crippen molar-refractivity contribution in [1.82, 2.24) is 0 Å². The average Bonchev–Trinajstić information content (AvgIpc) is 2.36. The smallest absolute Gasteiger partial charge is 0.172 e. The average molecular weight is 270 g/mol. The van der Waals surface area contributed by atoms with E-state index in [0.29, 0.717) is 10.6 Å². The number of halogens is 1. The van der Waals surface area contributed by atoms with Crippen molar-refractivity contribution < 1.29 is 5.21 Å². The second-order valence-corrected chi connectivity index (χ2v) is 5.31. The summed E-state index contributed by atoms with van der Waals surface area (Å²) >= 11 is 5.96. The van der Waals surface area contributed by atoms with Crippen molar-refractivity contribution in [1.29, 1.82) is 0 Å². The van der Waals surface area contributed by atoms with Gasteiger partial charge in [-0.1, -0.05) is 23.7 Å². The molecule has 1 aromatic carbocycles. The first-order valence-corrected chi connectivity index (χ1v) is 6.22. The van der Waals surface area contributed by atoms with E-state index in [-0.39, 0.29) is 11.4 Å². The van der Waals surface area contributed by atoms with Crippen molar-refractivity contribution in [2.75, 3.05) is 11.9 Å². The monoisotopic (exact) mass is 269 g/mol. The van der Waals surface area contributed by atoms with Crippen molar-refractivity contribution >= 4 is 23.1 Å². The third kappa shape index (κ3) is 2.88. The summed E-state index contributed by atoms with van der Waals surface area (Å²) in [5, 5.41) is 12.5. The number of amidine groups is 1. The lowest BCUT2D eigenvalue weighted by molar-refractivity contribution is 0.318. The van der Waals surface area contributed by atoms with Crippen molar-refractivity contribution in [3.63, 3.8) is 0 Å². The van der Waals surface area contributed by atoms with Gasteiger partial charge in [-0.3, -0.25) is 0 Å². The Morgan fingerprint density at radius 1 is 1.50 bits per heavy atom. The SMILES string of the molecule is CCC(C)(C)N(C)c1ccc(Cl)cc1C(N)=NO. The molecular formula is C13H20ClN3O. The molecule has 0 heterocycles. The maximum atomic E-state index is 8.85. The van der Waals surface area contributed by atoms with Crippen molar-refractivity contribution in [2.24, 2.45) is 10.9 Å². The third-order valence-electron chi connectivity index (χ3n) is 3.48. The van der Waals surface area contributed by atoms with E-state index in [0.717, 1.165) is 12.1 Å². The van der Waals surface area contributed by atoms with Crippen LogP contribution in [0.2, 0.25) is 5.02 Å². The number of anilines is 1. The Bertz CT molecular complexity index is 458. The quantitative estimate of drug-likeness (QED) is 0.382. The molecule has 1 aromatic rings. The van der Waals surface area contributed by atoms with Crippen LogP contribution in [0, 0.1) is 0 Å². The Morgan fingerprint density at radius 3 is 2.61 bits per heavy atom. The molecule has 0 aliphatic rings. The molecule has 0 aromatic heterocycles. The molecule has 0 saturated carbocycles. The second kappa shape index (κ2) is 5.48. The van der Waals surface area contributed by atoms with Gasteiger partial charge in [-0.25, -0.2) is 0 Å². The summed E-state index contributed by atoms with van der Waals surface area (Å²) in [6.45, 7) is 6.39. The topological polar surface area (TPSA) is 61.8 Å². The zero-order chi connectivity index (χ0) is 13.9. The molecule has 5 heteroatoms. The number of nitrogens with two attached hydrogens (primary N) is 1. The van der Waals surface area contributed by atoms with Crippen LogP contribution in [0.3, 0.4) is 0 Å². The van der Waals surface area contributed by atoms with Crippen LogP contribution in [-0.2, 0) is 0 Å². The number of hydrogen-bond acceptors (Lipinski definition) is 3. The van der Waals surface area contributed by atoms with E-state index in [4.69, 9.17) is 22.5 Å². The predicted molar refractivity (Wildman–Crippen MR) is 76.7 cm³/mol. The fraction of sp³-hybridized carbons (Fsp3) is 0.462. The van der Waals surface area contributed by atoms with Gasteiger partial charge >= 0.3 is 0 Å². The molecule has 4 nitrogen and oxygen atoms in total. The van der Waals surface area contributed by atoms with Crippen LogP contribution in [0.5, 0.6) is 0 Å². The Labute approximate surface area is 113 Å². The Kier molecular flexibility index (Phi) is 4.46. The molecule has 0 atom stereocenters. The molecular weight excluding hydrogens is 250 g/mol. The number of rotatable bonds is 4. The highest BCUT2D eigenvalue weighted by Gasteiger charge is 2.24. The molecule has 0 bridgehead atoms. The lowest BCUT2D eigenvalue weighted by Gasteiger charge is -2.37. The van der Waals surface area contributed by atoms with Gasteiger partial charge in [-0.05, 0) is 38.5 Å². The molecule has 0 fully saturated rings. The molecule has 3 N–H and O–H groups in total. The van der Waals surface area contributed by atoms with E-state index in [9.17, 15) is 0 Å². The molecule has 0 unspecified atom stereocenters. The second-order valence-electron chi connectivity index (χ2n) is 4.87. The summed E-state index contributed by atoms with van der Waals surface area (Å²) in [6, 6.07) is 5.38. The minimum absolute atomic E-state index is 0.0294. The molecule has 0 spiro atoms. The minimum atomic E-state index is -0.0294. The van der Waals surface area contributed by atoms with Crippen LogP contribution in [0.1, 0.15) is 32.8 Å². The van der Waals surface area contributed by atoms with Gasteiger partial charge in [0.15, 0.2) is 5.84 Å². The Morgan fingerprint density at radius 2 is 2.11 bits per heavy atom. The Balaban J connectivity index is 3.32. The fourth-order valence-electron chi connectivity index (χ4n) is 1.62. The summed E-state index contributed by atoms with van der Waals surface area (Å²) < 4.78 is 0. The first kappa shape index (κ1) is 14.6. The number of hydrogen-bond donors (Lipinski definition) is 2. The van der Waals surface area contributed by atoms with E-state index >= 15 is 0 Å². The first-order chi connectivity index (χ1) is 8.33. The van der Waals surface area contributed by atoms with Gasteiger partial charge in [0.1, 0.15) is 0 Å². The van der Waals surface area contributed by atoms with E-state index < -0.39 is 0 Å². The molecule has 0 amide bonds. The van der Waals surface area contributed by atoms with Crippen LogP contribution in [0.4, 0.5) is 5.69 Å². The first-order valence-electron chi connectivity index (χ1n) is 5.84. The highest BCUT2D eigenvalue weighted by molar-refractivity contribution is 6.31. The summed E-state index contributed by atoms with van der Waals surface area (Å²) in [7, 11) is 1.99. The summed E-state index contributed by atoms with van der Waals surface area (Å²) in [5.74, 6) is 0.0613. The van der Waals surface area contributed by atoms with Crippen LogP contribution < -0.4 is 10.6 Å². The van der Waals surface area contributed by atoms with E-state index in [2.05, 4.69) is 30.8 Å². The van der Waals surface area contributed by atoms with Gasteiger partial charge in [-0.2, -0.15) is 0 Å². The highest BCUT2D eigenvalue weighted by atomic mass is 35.5.